The summed E-state index contributed by atoms with van der Waals surface area (Å²) in [5.74, 6) is 0.237. The first-order chi connectivity index (χ1) is 6.25. The fraction of sp³-hybridized carbons (Fsp3) is 0.667. The Hall–Kier alpha value is -0.450. The lowest BCUT2D eigenvalue weighted by Crippen LogP contribution is -2.19. The second-order valence-corrected chi connectivity index (χ2v) is 4.49. The maximum absolute atomic E-state index is 9.51. The van der Waals surface area contributed by atoms with Crippen molar-refractivity contribution in [3.05, 3.63) is 16.1 Å². The van der Waals surface area contributed by atoms with E-state index < -0.39 is 0 Å². The van der Waals surface area contributed by atoms with Crippen molar-refractivity contribution in [2.75, 3.05) is 13.2 Å². The number of hydrogen-bond acceptors (Lipinski definition) is 4. The minimum atomic E-state index is -0.304. The molecule has 1 aromatic heterocycles. The molecule has 1 aliphatic heterocycles. The number of hydrogen-bond donors (Lipinski definition) is 1. The highest BCUT2D eigenvalue weighted by molar-refractivity contribution is 7.09. The first-order valence-corrected chi connectivity index (χ1v) is 5.30. The van der Waals surface area contributed by atoms with Gasteiger partial charge in [0.1, 0.15) is 0 Å². The van der Waals surface area contributed by atoms with E-state index in [2.05, 4.69) is 10.4 Å². The van der Waals surface area contributed by atoms with Crippen LogP contribution in [-0.4, -0.2) is 29.4 Å². The molecule has 0 amide bonds. The average molecular weight is 199 g/mol. The zero-order valence-electron chi connectivity index (χ0n) is 7.56. The van der Waals surface area contributed by atoms with Crippen molar-refractivity contribution in [1.82, 2.24) is 4.98 Å². The molecular formula is C9H13NO2S. The van der Waals surface area contributed by atoms with Gasteiger partial charge >= 0.3 is 0 Å². The molecule has 0 radical (unpaired) electrons. The van der Waals surface area contributed by atoms with Crippen LogP contribution in [0.4, 0.5) is 0 Å². The molecule has 3 nitrogen and oxygen atoms in total. The Morgan fingerprint density at radius 1 is 1.69 bits per heavy atom. The van der Waals surface area contributed by atoms with Gasteiger partial charge in [-0.25, -0.2) is 4.98 Å². The van der Waals surface area contributed by atoms with Crippen LogP contribution in [0.3, 0.4) is 0 Å². The Balaban J connectivity index is 1.97. The van der Waals surface area contributed by atoms with E-state index in [1.165, 1.54) is 0 Å². The quantitative estimate of drug-likeness (QED) is 0.772. The van der Waals surface area contributed by atoms with Crippen LogP contribution >= 0.6 is 11.3 Å². The molecule has 0 aliphatic carbocycles. The fourth-order valence-electron chi connectivity index (χ4n) is 1.55. The van der Waals surface area contributed by atoms with Crippen molar-refractivity contribution in [2.45, 2.75) is 19.4 Å². The molecule has 0 saturated carbocycles. The molecule has 1 fully saturated rings. The van der Waals surface area contributed by atoms with E-state index in [1.54, 1.807) is 11.3 Å². The van der Waals surface area contributed by atoms with Crippen LogP contribution in [0.5, 0.6) is 0 Å². The molecule has 4 heteroatoms. The van der Waals surface area contributed by atoms with E-state index in [-0.39, 0.29) is 12.0 Å². The molecule has 1 aromatic rings. The monoisotopic (exact) mass is 199 g/mol. The summed E-state index contributed by atoms with van der Waals surface area (Å²) in [6.45, 7) is 3.14. The first kappa shape index (κ1) is 9.12. The molecular weight excluding hydrogens is 186 g/mol. The summed E-state index contributed by atoms with van der Waals surface area (Å²) >= 11 is 1.66. The Kier molecular flexibility index (Phi) is 2.62. The summed E-state index contributed by atoms with van der Waals surface area (Å²) in [6.07, 6.45) is 0.535. The summed E-state index contributed by atoms with van der Waals surface area (Å²) in [6, 6.07) is 0. The minimum Gasteiger partial charge on any atom is -0.390 e. The van der Waals surface area contributed by atoms with Crippen LogP contribution in [0.25, 0.3) is 0 Å². The Labute approximate surface area is 81.4 Å². The van der Waals surface area contributed by atoms with Crippen LogP contribution in [0.1, 0.15) is 10.7 Å². The molecule has 72 valence electrons. The van der Waals surface area contributed by atoms with Crippen LogP contribution in [0.15, 0.2) is 5.38 Å². The van der Waals surface area contributed by atoms with Gasteiger partial charge in [-0.05, 0) is 13.3 Å². The fourth-order valence-corrected chi connectivity index (χ4v) is 2.18. The van der Waals surface area contributed by atoms with Gasteiger partial charge in [0.15, 0.2) is 0 Å². The Morgan fingerprint density at radius 3 is 3.08 bits per heavy atom. The summed E-state index contributed by atoms with van der Waals surface area (Å²) in [5.41, 5.74) is 1.08. The number of thiazole rings is 1. The predicted molar refractivity (Wildman–Crippen MR) is 50.9 cm³/mol. The van der Waals surface area contributed by atoms with Gasteiger partial charge in [0.2, 0.25) is 0 Å². The van der Waals surface area contributed by atoms with E-state index >= 15 is 0 Å². The average Bonchev–Trinajstić information content (AvgIpc) is 2.64. The van der Waals surface area contributed by atoms with E-state index in [4.69, 9.17) is 4.74 Å². The minimum absolute atomic E-state index is 0.237. The molecule has 2 rings (SSSR count). The van der Waals surface area contributed by atoms with Gasteiger partial charge < -0.3 is 9.84 Å². The number of rotatable bonds is 2. The van der Waals surface area contributed by atoms with Crippen molar-refractivity contribution >= 4 is 11.3 Å². The second kappa shape index (κ2) is 3.74. The van der Waals surface area contributed by atoms with Gasteiger partial charge in [-0.15, -0.1) is 11.3 Å². The van der Waals surface area contributed by atoms with E-state index in [1.807, 2.05) is 6.92 Å². The van der Waals surface area contributed by atoms with Gasteiger partial charge in [-0.3, -0.25) is 0 Å². The number of aromatic nitrogens is 1. The number of aliphatic hydroxyl groups excluding tert-OH is 1. The summed E-state index contributed by atoms with van der Waals surface area (Å²) in [4.78, 5) is 4.36. The van der Waals surface area contributed by atoms with Crippen molar-refractivity contribution in [3.63, 3.8) is 0 Å². The number of nitrogens with zero attached hydrogens (tertiary/aromatic N) is 1. The third kappa shape index (κ3) is 2.07. The first-order valence-electron chi connectivity index (χ1n) is 4.42. The molecule has 0 bridgehead atoms. The topological polar surface area (TPSA) is 42.4 Å². The van der Waals surface area contributed by atoms with E-state index in [9.17, 15) is 5.11 Å². The van der Waals surface area contributed by atoms with Crippen molar-refractivity contribution in [1.29, 1.82) is 0 Å². The second-order valence-electron chi connectivity index (χ2n) is 3.43. The standard InChI is InChI=1S/C9H13NO2S/c1-6-10-8(5-13-6)2-7-3-12-4-9(7)11/h5,7,9,11H,2-4H2,1H3/t7-,9-/m1/s1. The van der Waals surface area contributed by atoms with Crippen LogP contribution < -0.4 is 0 Å². The molecule has 1 aliphatic rings. The lowest BCUT2D eigenvalue weighted by molar-refractivity contribution is 0.118. The highest BCUT2D eigenvalue weighted by Gasteiger charge is 2.26. The number of aryl methyl sites for hydroxylation is 1. The Morgan fingerprint density at radius 2 is 2.54 bits per heavy atom. The zero-order valence-corrected chi connectivity index (χ0v) is 8.38. The van der Waals surface area contributed by atoms with Gasteiger partial charge in [0.25, 0.3) is 0 Å². The van der Waals surface area contributed by atoms with E-state index in [0.29, 0.717) is 13.2 Å². The molecule has 0 unspecified atom stereocenters. The number of aliphatic hydroxyl groups is 1. The van der Waals surface area contributed by atoms with Crippen molar-refractivity contribution in [2.24, 2.45) is 5.92 Å². The SMILES string of the molecule is Cc1nc(C[C@@H]2COC[C@H]2O)cs1. The third-order valence-electron chi connectivity index (χ3n) is 2.30. The molecule has 1 N–H and O–H groups in total. The van der Waals surface area contributed by atoms with Crippen molar-refractivity contribution < 1.29 is 9.84 Å². The summed E-state index contributed by atoms with van der Waals surface area (Å²) < 4.78 is 5.17. The lowest BCUT2D eigenvalue weighted by atomic mass is 10.0. The summed E-state index contributed by atoms with van der Waals surface area (Å²) in [5, 5.41) is 12.7. The largest absolute Gasteiger partial charge is 0.390 e. The third-order valence-corrected chi connectivity index (χ3v) is 3.12. The van der Waals surface area contributed by atoms with Crippen LogP contribution in [0.2, 0.25) is 0 Å². The molecule has 0 spiro atoms. The summed E-state index contributed by atoms with van der Waals surface area (Å²) in [7, 11) is 0. The maximum Gasteiger partial charge on any atom is 0.0897 e. The molecule has 2 heterocycles. The predicted octanol–water partition coefficient (Wildman–Crippen LogP) is 1.00. The highest BCUT2D eigenvalue weighted by atomic mass is 32.1. The smallest absolute Gasteiger partial charge is 0.0897 e. The van der Waals surface area contributed by atoms with Gasteiger partial charge in [0.05, 0.1) is 30.0 Å². The molecule has 1 saturated heterocycles. The maximum atomic E-state index is 9.51. The van der Waals surface area contributed by atoms with Gasteiger partial charge in [-0.2, -0.15) is 0 Å². The Bertz CT molecular complexity index is 287. The highest BCUT2D eigenvalue weighted by Crippen LogP contribution is 2.19. The van der Waals surface area contributed by atoms with Crippen LogP contribution in [-0.2, 0) is 11.2 Å². The molecule has 13 heavy (non-hydrogen) atoms. The van der Waals surface area contributed by atoms with Crippen molar-refractivity contribution in [3.8, 4) is 0 Å². The van der Waals surface area contributed by atoms with Gasteiger partial charge in [0, 0.05) is 11.3 Å². The molecule has 2 atom stereocenters. The normalized spacial score (nSPS) is 28.2. The van der Waals surface area contributed by atoms with Gasteiger partial charge in [-0.1, -0.05) is 0 Å². The van der Waals surface area contributed by atoms with E-state index in [0.717, 1.165) is 17.1 Å². The number of ether oxygens (including phenoxy) is 1. The molecule has 0 aromatic carbocycles. The zero-order chi connectivity index (χ0) is 9.26. The van der Waals surface area contributed by atoms with Crippen LogP contribution in [0, 0.1) is 12.8 Å². The lowest BCUT2D eigenvalue weighted by Gasteiger charge is -2.09.